The van der Waals surface area contributed by atoms with Gasteiger partial charge in [-0.3, -0.25) is 4.79 Å². The first kappa shape index (κ1) is 76.6. The molecule has 0 aromatic heterocycles. The van der Waals surface area contributed by atoms with Crippen LogP contribution >= 0.6 is 0 Å². The summed E-state index contributed by atoms with van der Waals surface area (Å²) in [4.78, 5) is 12.5. The second kappa shape index (κ2) is 69.8. The normalized spacial score (nSPS) is 13.2. The van der Waals surface area contributed by atoms with Crippen molar-refractivity contribution in [2.24, 2.45) is 0 Å². The molecule has 0 saturated carbocycles. The van der Waals surface area contributed by atoms with E-state index in [1.807, 2.05) is 6.08 Å². The standard InChI is InChI=1S/C75H137NO3/c1-3-5-7-9-11-13-15-17-19-21-23-25-27-29-31-33-35-37-38-39-41-43-45-47-49-51-53-55-57-59-61-63-65-67-69-71-75(79)76-73(72-77)74(78)70-68-66-64-62-60-58-56-54-52-50-48-46-44-42-40-36-34-32-30-28-26-24-22-20-18-16-14-12-10-8-6-4-2/h5,7,11,13,17,19,23,25,29,31,60,62,68,70,73-74,77-78H,3-4,6,8-10,12,14-16,18,20-22,24,26-28,30,32-59,61,63-67,69,71-72H2,1-2H3,(H,76,79)/b7-5-,13-11-,19-17-,25-23-,31-29-,62-60+,70-68+. The Morgan fingerprint density at radius 3 is 0.886 bits per heavy atom. The van der Waals surface area contributed by atoms with Crippen molar-refractivity contribution in [1.29, 1.82) is 0 Å². The van der Waals surface area contributed by atoms with Crippen LogP contribution in [0.2, 0.25) is 0 Å². The predicted molar refractivity (Wildman–Crippen MR) is 354 cm³/mol. The third-order valence-electron chi connectivity index (χ3n) is 16.1. The average Bonchev–Trinajstić information content (AvgIpc) is 3.45. The zero-order valence-electron chi connectivity index (χ0n) is 53.1. The van der Waals surface area contributed by atoms with Gasteiger partial charge in [0.05, 0.1) is 18.8 Å². The van der Waals surface area contributed by atoms with Gasteiger partial charge >= 0.3 is 0 Å². The van der Waals surface area contributed by atoms with E-state index in [-0.39, 0.29) is 12.5 Å². The fourth-order valence-corrected chi connectivity index (χ4v) is 10.8. The average molecular weight is 1100 g/mol. The number of rotatable bonds is 65. The van der Waals surface area contributed by atoms with Crippen LogP contribution in [-0.2, 0) is 4.79 Å². The topological polar surface area (TPSA) is 69.6 Å². The third kappa shape index (κ3) is 66.3. The molecule has 460 valence electrons. The van der Waals surface area contributed by atoms with Crippen molar-refractivity contribution >= 4 is 5.91 Å². The number of aliphatic hydroxyl groups is 2. The summed E-state index contributed by atoms with van der Waals surface area (Å²) in [6.45, 7) is 4.22. The van der Waals surface area contributed by atoms with Crippen LogP contribution in [0.15, 0.2) is 85.1 Å². The lowest BCUT2D eigenvalue weighted by Crippen LogP contribution is -2.45. The molecular weight excluding hydrogens is 963 g/mol. The van der Waals surface area contributed by atoms with Gasteiger partial charge < -0.3 is 15.5 Å². The maximum absolute atomic E-state index is 12.5. The van der Waals surface area contributed by atoms with Gasteiger partial charge in [-0.1, -0.05) is 369 Å². The fourth-order valence-electron chi connectivity index (χ4n) is 10.8. The van der Waals surface area contributed by atoms with Crippen molar-refractivity contribution in [3.63, 3.8) is 0 Å². The van der Waals surface area contributed by atoms with Crippen molar-refractivity contribution in [2.75, 3.05) is 6.61 Å². The molecule has 0 aromatic carbocycles. The molecule has 0 aliphatic rings. The van der Waals surface area contributed by atoms with Gasteiger partial charge in [0.2, 0.25) is 5.91 Å². The summed E-state index contributed by atoms with van der Waals surface area (Å²) in [5, 5.41) is 23.3. The maximum atomic E-state index is 12.5. The largest absolute Gasteiger partial charge is 0.394 e. The molecule has 0 spiro atoms. The highest BCUT2D eigenvalue weighted by Gasteiger charge is 2.18. The third-order valence-corrected chi connectivity index (χ3v) is 16.1. The van der Waals surface area contributed by atoms with Gasteiger partial charge in [0.15, 0.2) is 0 Å². The van der Waals surface area contributed by atoms with E-state index in [1.165, 1.54) is 283 Å². The van der Waals surface area contributed by atoms with E-state index in [9.17, 15) is 15.0 Å². The Morgan fingerprint density at radius 2 is 0.570 bits per heavy atom. The highest BCUT2D eigenvalue weighted by atomic mass is 16.3. The molecule has 0 fully saturated rings. The Hall–Kier alpha value is -2.43. The van der Waals surface area contributed by atoms with Crippen molar-refractivity contribution < 1.29 is 15.0 Å². The van der Waals surface area contributed by atoms with Gasteiger partial charge in [0.1, 0.15) is 0 Å². The summed E-state index contributed by atoms with van der Waals surface area (Å²) < 4.78 is 0. The smallest absolute Gasteiger partial charge is 0.220 e. The van der Waals surface area contributed by atoms with E-state index >= 15 is 0 Å². The number of hydrogen-bond acceptors (Lipinski definition) is 3. The molecular formula is C75H137NO3. The molecule has 1 amide bonds. The second-order valence-corrected chi connectivity index (χ2v) is 23.9. The Labute approximate surface area is 494 Å². The van der Waals surface area contributed by atoms with Crippen molar-refractivity contribution in [3.8, 4) is 0 Å². The lowest BCUT2D eigenvalue weighted by Gasteiger charge is -2.19. The molecule has 0 heterocycles. The molecule has 0 saturated heterocycles. The van der Waals surface area contributed by atoms with Gasteiger partial charge in [-0.15, -0.1) is 0 Å². The van der Waals surface area contributed by atoms with E-state index in [2.05, 4.69) is 92.1 Å². The second-order valence-electron chi connectivity index (χ2n) is 23.9. The summed E-state index contributed by atoms with van der Waals surface area (Å²) in [6, 6.07) is -0.644. The first-order chi connectivity index (χ1) is 39.2. The molecule has 0 aromatic rings. The molecule has 79 heavy (non-hydrogen) atoms. The van der Waals surface area contributed by atoms with E-state index in [1.54, 1.807) is 6.08 Å². The van der Waals surface area contributed by atoms with Gasteiger partial charge in [0.25, 0.3) is 0 Å². The first-order valence-corrected chi connectivity index (χ1v) is 35.3. The quantitative estimate of drug-likeness (QED) is 0.0420. The SMILES string of the molecule is CC/C=C\C/C=C\C/C=C\C/C=C\C/C=C\CCCCCCCCCCCCCCCCCCCCCC(=O)NC(CO)C(O)/C=C/CC/C=C/CCCCCCCCCCCCCCCCCCCCCCCCCCCC. The van der Waals surface area contributed by atoms with E-state index in [0.717, 1.165) is 64.2 Å². The van der Waals surface area contributed by atoms with Crippen LogP contribution in [-0.4, -0.2) is 34.9 Å². The zero-order chi connectivity index (χ0) is 56.9. The zero-order valence-corrected chi connectivity index (χ0v) is 53.1. The monoisotopic (exact) mass is 1100 g/mol. The summed E-state index contributed by atoms with van der Waals surface area (Å²) in [7, 11) is 0. The van der Waals surface area contributed by atoms with Crippen molar-refractivity contribution in [2.45, 2.75) is 379 Å². The molecule has 0 aliphatic carbocycles. The van der Waals surface area contributed by atoms with Crippen LogP contribution in [0, 0.1) is 0 Å². The fraction of sp³-hybridized carbons (Fsp3) is 0.800. The van der Waals surface area contributed by atoms with E-state index in [0.29, 0.717) is 6.42 Å². The van der Waals surface area contributed by atoms with Crippen LogP contribution in [0.4, 0.5) is 0 Å². The number of carbonyl (C=O) groups excluding carboxylic acids is 1. The molecule has 2 atom stereocenters. The minimum Gasteiger partial charge on any atom is -0.394 e. The molecule has 3 N–H and O–H groups in total. The Balaban J connectivity index is 3.47. The molecule has 0 aliphatic heterocycles. The number of carbonyl (C=O) groups is 1. The first-order valence-electron chi connectivity index (χ1n) is 35.3. The lowest BCUT2D eigenvalue weighted by atomic mass is 10.0. The maximum Gasteiger partial charge on any atom is 0.220 e. The lowest BCUT2D eigenvalue weighted by molar-refractivity contribution is -0.123. The summed E-state index contributed by atoms with van der Waals surface area (Å²) in [5.41, 5.74) is 0. The van der Waals surface area contributed by atoms with Gasteiger partial charge in [-0.25, -0.2) is 0 Å². The van der Waals surface area contributed by atoms with Crippen molar-refractivity contribution in [1.82, 2.24) is 5.32 Å². The molecule has 0 rings (SSSR count). The minimum atomic E-state index is -0.867. The molecule has 0 bridgehead atoms. The molecule has 4 nitrogen and oxygen atoms in total. The Bertz CT molecular complexity index is 1390. The van der Waals surface area contributed by atoms with Crippen LogP contribution < -0.4 is 5.32 Å². The van der Waals surface area contributed by atoms with E-state index < -0.39 is 12.1 Å². The molecule has 4 heteroatoms. The number of amides is 1. The van der Waals surface area contributed by atoms with Crippen LogP contribution in [0.5, 0.6) is 0 Å². The van der Waals surface area contributed by atoms with Crippen LogP contribution in [0.25, 0.3) is 0 Å². The number of nitrogens with one attached hydrogen (secondary N) is 1. The van der Waals surface area contributed by atoms with E-state index in [4.69, 9.17) is 0 Å². The molecule has 2 unspecified atom stereocenters. The van der Waals surface area contributed by atoms with Crippen molar-refractivity contribution in [3.05, 3.63) is 85.1 Å². The summed E-state index contributed by atoms with van der Waals surface area (Å²) in [6.07, 6.45) is 103. The van der Waals surface area contributed by atoms with Gasteiger partial charge in [-0.2, -0.15) is 0 Å². The van der Waals surface area contributed by atoms with Crippen LogP contribution in [0.1, 0.15) is 367 Å². The van der Waals surface area contributed by atoms with Crippen LogP contribution in [0.3, 0.4) is 0 Å². The van der Waals surface area contributed by atoms with Gasteiger partial charge in [-0.05, 0) is 77.0 Å². The van der Waals surface area contributed by atoms with Gasteiger partial charge in [0, 0.05) is 6.42 Å². The minimum absolute atomic E-state index is 0.0695. The number of unbranched alkanes of at least 4 members (excludes halogenated alkanes) is 46. The predicted octanol–water partition coefficient (Wildman–Crippen LogP) is 24.2. The Morgan fingerprint density at radius 1 is 0.316 bits per heavy atom. The molecule has 0 radical (unpaired) electrons. The summed E-state index contributed by atoms with van der Waals surface area (Å²) >= 11 is 0. The highest BCUT2D eigenvalue weighted by molar-refractivity contribution is 5.76. The number of aliphatic hydroxyl groups excluding tert-OH is 2. The number of hydrogen-bond donors (Lipinski definition) is 3. The Kier molecular flexibility index (Phi) is 67.7. The summed E-state index contributed by atoms with van der Waals surface area (Å²) in [5.74, 6) is -0.0695. The number of allylic oxidation sites excluding steroid dienone is 13. The highest BCUT2D eigenvalue weighted by Crippen LogP contribution is 2.18.